The Bertz CT molecular complexity index is 1640. The maximum atomic E-state index is 14.4. The molecule has 1 N–H and O–H groups in total. The Balaban J connectivity index is 1.80. The molecule has 0 fully saturated rings. The quantitative estimate of drug-likeness (QED) is 0.263. The highest BCUT2D eigenvalue weighted by Gasteiger charge is 2.34. The second kappa shape index (κ2) is 13.5. The van der Waals surface area contributed by atoms with Crippen molar-refractivity contribution in [1.29, 1.82) is 0 Å². The minimum Gasteiger partial charge on any atom is -0.357 e. The van der Waals surface area contributed by atoms with Gasteiger partial charge in [-0.15, -0.1) is 0 Å². The Hall–Kier alpha value is -4.43. The molecule has 0 aliphatic rings. The predicted molar refractivity (Wildman–Crippen MR) is 167 cm³/mol. The van der Waals surface area contributed by atoms with E-state index in [0.717, 1.165) is 32.1 Å². The van der Waals surface area contributed by atoms with Gasteiger partial charge in [0, 0.05) is 20.0 Å². The number of nitrogens with zero attached hydrogens (tertiary/aromatic N) is 2. The molecular formula is C34H37N3O4S. The average Bonchev–Trinajstić information content (AvgIpc) is 2.98. The predicted octanol–water partition coefficient (Wildman–Crippen LogP) is 5.19. The van der Waals surface area contributed by atoms with E-state index in [1.54, 1.807) is 42.5 Å². The lowest BCUT2D eigenvalue weighted by Gasteiger charge is -2.34. The fourth-order valence-electron chi connectivity index (χ4n) is 4.84. The standard InChI is InChI=1S/C34H37N3O4S/c1-25-17-19-31(20-18-25)42(40,41)37(30-16-10-11-26(2)21-30)24-33(38)36(23-29-15-9-8-12-27(29)3)32(34(39)35-4)22-28-13-6-5-7-14-28/h5-21,32H,22-24H2,1-4H3,(H,35,39). The van der Waals surface area contributed by atoms with E-state index in [4.69, 9.17) is 0 Å². The Kier molecular flexibility index (Phi) is 9.80. The Morgan fingerprint density at radius 2 is 1.45 bits per heavy atom. The highest BCUT2D eigenvalue weighted by atomic mass is 32.2. The molecule has 0 bridgehead atoms. The van der Waals surface area contributed by atoms with Crippen molar-refractivity contribution in [1.82, 2.24) is 10.2 Å². The Morgan fingerprint density at radius 1 is 0.786 bits per heavy atom. The van der Waals surface area contributed by atoms with Crippen LogP contribution in [0.1, 0.15) is 27.8 Å². The maximum absolute atomic E-state index is 14.4. The van der Waals surface area contributed by atoms with E-state index >= 15 is 0 Å². The molecule has 0 spiro atoms. The van der Waals surface area contributed by atoms with E-state index in [1.165, 1.54) is 11.9 Å². The van der Waals surface area contributed by atoms with Gasteiger partial charge in [-0.3, -0.25) is 13.9 Å². The third kappa shape index (κ3) is 7.25. The van der Waals surface area contributed by atoms with Crippen LogP contribution in [0.2, 0.25) is 0 Å². The first-order chi connectivity index (χ1) is 20.1. The normalized spacial score (nSPS) is 11.9. The number of hydrogen-bond acceptors (Lipinski definition) is 4. The van der Waals surface area contributed by atoms with Crippen LogP contribution in [0.5, 0.6) is 0 Å². The molecule has 4 aromatic carbocycles. The van der Waals surface area contributed by atoms with Crippen molar-refractivity contribution >= 4 is 27.5 Å². The average molecular weight is 584 g/mol. The minimum atomic E-state index is -4.12. The summed E-state index contributed by atoms with van der Waals surface area (Å²) in [7, 11) is -2.58. The molecule has 0 aromatic heterocycles. The van der Waals surface area contributed by atoms with Crippen molar-refractivity contribution in [2.24, 2.45) is 0 Å². The third-order valence-electron chi connectivity index (χ3n) is 7.30. The molecule has 218 valence electrons. The van der Waals surface area contributed by atoms with Crippen LogP contribution in [-0.4, -0.2) is 44.8 Å². The molecule has 0 aliphatic heterocycles. The zero-order valence-corrected chi connectivity index (χ0v) is 25.3. The number of carbonyl (C=O) groups excluding carboxylic acids is 2. The molecule has 7 nitrogen and oxygen atoms in total. The fourth-order valence-corrected chi connectivity index (χ4v) is 6.25. The molecule has 2 amide bonds. The highest BCUT2D eigenvalue weighted by molar-refractivity contribution is 7.92. The molecule has 0 heterocycles. The van der Waals surface area contributed by atoms with E-state index < -0.39 is 28.5 Å². The van der Waals surface area contributed by atoms with Crippen LogP contribution in [0.3, 0.4) is 0 Å². The van der Waals surface area contributed by atoms with Gasteiger partial charge in [-0.1, -0.05) is 84.4 Å². The molecule has 42 heavy (non-hydrogen) atoms. The topological polar surface area (TPSA) is 86.8 Å². The van der Waals surface area contributed by atoms with Crippen LogP contribution in [0, 0.1) is 20.8 Å². The van der Waals surface area contributed by atoms with E-state index in [1.807, 2.05) is 81.4 Å². The van der Waals surface area contributed by atoms with Crippen LogP contribution in [0.4, 0.5) is 5.69 Å². The minimum absolute atomic E-state index is 0.0833. The van der Waals surface area contributed by atoms with Crippen molar-refractivity contribution in [2.45, 2.75) is 44.7 Å². The van der Waals surface area contributed by atoms with Crippen LogP contribution in [-0.2, 0) is 32.6 Å². The number of aryl methyl sites for hydroxylation is 3. The molecular weight excluding hydrogens is 546 g/mol. The number of hydrogen-bond donors (Lipinski definition) is 1. The molecule has 0 saturated heterocycles. The van der Waals surface area contributed by atoms with Crippen LogP contribution < -0.4 is 9.62 Å². The second-order valence-corrected chi connectivity index (χ2v) is 12.3. The van der Waals surface area contributed by atoms with E-state index in [-0.39, 0.29) is 23.8 Å². The first kappa shape index (κ1) is 30.5. The van der Waals surface area contributed by atoms with Gasteiger partial charge in [-0.25, -0.2) is 8.42 Å². The van der Waals surface area contributed by atoms with Crippen LogP contribution in [0.25, 0.3) is 0 Å². The molecule has 0 aliphatic carbocycles. The van der Waals surface area contributed by atoms with Crippen molar-refractivity contribution < 1.29 is 18.0 Å². The first-order valence-corrected chi connectivity index (χ1v) is 15.3. The number of likely N-dealkylation sites (N-methyl/N-ethyl adjacent to an activating group) is 1. The zero-order valence-electron chi connectivity index (χ0n) is 24.4. The number of carbonyl (C=O) groups is 2. The van der Waals surface area contributed by atoms with Gasteiger partial charge in [0.15, 0.2) is 0 Å². The van der Waals surface area contributed by atoms with Crippen LogP contribution >= 0.6 is 0 Å². The van der Waals surface area contributed by atoms with Gasteiger partial charge >= 0.3 is 0 Å². The summed E-state index contributed by atoms with van der Waals surface area (Å²) in [4.78, 5) is 29.3. The van der Waals surface area contributed by atoms with Gasteiger partial charge < -0.3 is 10.2 Å². The number of sulfonamides is 1. The van der Waals surface area contributed by atoms with Gasteiger partial charge in [0.2, 0.25) is 11.8 Å². The summed E-state index contributed by atoms with van der Waals surface area (Å²) in [5.74, 6) is -0.815. The zero-order chi connectivity index (χ0) is 30.3. The molecule has 1 unspecified atom stereocenters. The third-order valence-corrected chi connectivity index (χ3v) is 9.09. The van der Waals surface area contributed by atoms with Gasteiger partial charge in [0.25, 0.3) is 10.0 Å². The SMILES string of the molecule is CNC(=O)C(Cc1ccccc1)N(Cc1ccccc1C)C(=O)CN(c1cccc(C)c1)S(=O)(=O)c1ccc(C)cc1. The summed E-state index contributed by atoms with van der Waals surface area (Å²) in [6, 6.07) is 29.9. The first-order valence-electron chi connectivity index (χ1n) is 13.9. The monoisotopic (exact) mass is 583 g/mol. The summed E-state index contributed by atoms with van der Waals surface area (Å²) in [5, 5.41) is 2.71. The van der Waals surface area contributed by atoms with E-state index in [9.17, 15) is 18.0 Å². The summed E-state index contributed by atoms with van der Waals surface area (Å²) >= 11 is 0. The highest BCUT2D eigenvalue weighted by Crippen LogP contribution is 2.26. The van der Waals surface area contributed by atoms with Gasteiger partial charge in [-0.05, 0) is 67.3 Å². The van der Waals surface area contributed by atoms with E-state index in [2.05, 4.69) is 5.32 Å². The van der Waals surface area contributed by atoms with Crippen molar-refractivity contribution in [3.8, 4) is 0 Å². The van der Waals surface area contributed by atoms with Gasteiger partial charge in [0.1, 0.15) is 12.6 Å². The summed E-state index contributed by atoms with van der Waals surface area (Å²) < 4.78 is 29.2. The lowest BCUT2D eigenvalue weighted by atomic mass is 10.0. The second-order valence-electron chi connectivity index (χ2n) is 10.4. The smallest absolute Gasteiger partial charge is 0.264 e. The Labute approximate surface area is 248 Å². The number of nitrogens with one attached hydrogen (secondary N) is 1. The summed E-state index contributed by atoms with van der Waals surface area (Å²) in [5.41, 5.74) is 4.87. The van der Waals surface area contributed by atoms with Gasteiger partial charge in [0.05, 0.1) is 10.6 Å². The molecule has 8 heteroatoms. The molecule has 1 atom stereocenters. The molecule has 0 radical (unpaired) electrons. The van der Waals surface area contributed by atoms with Crippen LogP contribution in [0.15, 0.2) is 108 Å². The number of rotatable bonds is 11. The number of amides is 2. The lowest BCUT2D eigenvalue weighted by molar-refractivity contribution is -0.139. The summed E-state index contributed by atoms with van der Waals surface area (Å²) in [6.07, 6.45) is 0.271. The van der Waals surface area contributed by atoms with Crippen molar-refractivity contribution in [3.63, 3.8) is 0 Å². The largest absolute Gasteiger partial charge is 0.357 e. The Morgan fingerprint density at radius 3 is 2.10 bits per heavy atom. The molecule has 0 saturated carbocycles. The van der Waals surface area contributed by atoms with Crippen molar-refractivity contribution in [2.75, 3.05) is 17.9 Å². The van der Waals surface area contributed by atoms with E-state index in [0.29, 0.717) is 5.69 Å². The lowest BCUT2D eigenvalue weighted by Crippen LogP contribution is -2.53. The van der Waals surface area contributed by atoms with Crippen molar-refractivity contribution in [3.05, 3.63) is 131 Å². The molecule has 4 aromatic rings. The number of benzene rings is 4. The fraction of sp³-hybridized carbons (Fsp3) is 0.235. The van der Waals surface area contributed by atoms with Gasteiger partial charge in [-0.2, -0.15) is 0 Å². The molecule has 4 rings (SSSR count). The maximum Gasteiger partial charge on any atom is 0.264 e. The number of anilines is 1. The summed E-state index contributed by atoms with van der Waals surface area (Å²) in [6.45, 7) is 5.36.